The molecule has 1 saturated carbocycles. The van der Waals surface area contributed by atoms with Crippen molar-refractivity contribution >= 4 is 11.7 Å². The van der Waals surface area contributed by atoms with Crippen LogP contribution in [0.15, 0.2) is 17.5 Å². The quantitative estimate of drug-likeness (QED) is 0.374. The van der Waals surface area contributed by atoms with Gasteiger partial charge in [0.25, 0.3) is 0 Å². The molecular formula is C13H21N5O. The Balaban J connectivity index is 2.25. The fraction of sp³-hybridized carbons (Fsp3) is 0.615. The summed E-state index contributed by atoms with van der Waals surface area (Å²) in [5, 5.41) is 11.9. The first-order chi connectivity index (χ1) is 9.13. The summed E-state index contributed by atoms with van der Waals surface area (Å²) in [5.41, 5.74) is 6.10. The Morgan fingerprint density at radius 2 is 2.16 bits per heavy atom. The van der Waals surface area contributed by atoms with Crippen LogP contribution >= 0.6 is 0 Å². The molecule has 6 heteroatoms. The van der Waals surface area contributed by atoms with E-state index in [9.17, 15) is 0 Å². The molecule has 1 aliphatic rings. The molecular weight excluding hydrogens is 242 g/mol. The third-order valence-electron chi connectivity index (χ3n) is 3.82. The molecule has 0 radical (unpaired) electrons. The normalized spacial score (nSPS) is 24.2. The second-order valence-electron chi connectivity index (χ2n) is 5.25. The van der Waals surface area contributed by atoms with Gasteiger partial charge >= 0.3 is 0 Å². The molecule has 0 spiro atoms. The maximum absolute atomic E-state index is 8.82. The van der Waals surface area contributed by atoms with Gasteiger partial charge in [-0.3, -0.25) is 0 Å². The summed E-state index contributed by atoms with van der Waals surface area (Å²) in [4.78, 5) is 10.6. The molecule has 0 amide bonds. The van der Waals surface area contributed by atoms with E-state index in [2.05, 4.69) is 26.9 Å². The SMILES string of the molecule is CC1CCCC(N(C)c2nccnc2C(N)=NO)C1. The average molecular weight is 263 g/mol. The van der Waals surface area contributed by atoms with Gasteiger partial charge in [0, 0.05) is 25.5 Å². The van der Waals surface area contributed by atoms with Gasteiger partial charge in [-0.2, -0.15) is 0 Å². The Bertz CT molecular complexity index is 462. The van der Waals surface area contributed by atoms with E-state index < -0.39 is 0 Å². The lowest BCUT2D eigenvalue weighted by molar-refractivity contribution is 0.318. The maximum Gasteiger partial charge on any atom is 0.192 e. The van der Waals surface area contributed by atoms with Crippen molar-refractivity contribution in [2.75, 3.05) is 11.9 Å². The molecule has 1 heterocycles. The van der Waals surface area contributed by atoms with Crippen LogP contribution in [0, 0.1) is 5.92 Å². The van der Waals surface area contributed by atoms with Gasteiger partial charge in [0.1, 0.15) is 0 Å². The fourth-order valence-electron chi connectivity index (χ4n) is 2.74. The predicted octanol–water partition coefficient (Wildman–Crippen LogP) is 1.59. The zero-order valence-corrected chi connectivity index (χ0v) is 11.5. The Morgan fingerprint density at radius 1 is 1.42 bits per heavy atom. The van der Waals surface area contributed by atoms with Crippen LogP contribution in [0.3, 0.4) is 0 Å². The number of nitrogens with two attached hydrogens (primary N) is 1. The molecule has 0 saturated heterocycles. The smallest absolute Gasteiger partial charge is 0.192 e. The number of hydrogen-bond acceptors (Lipinski definition) is 5. The van der Waals surface area contributed by atoms with Gasteiger partial charge in [-0.25, -0.2) is 9.97 Å². The standard InChI is InChI=1S/C13H21N5O/c1-9-4-3-5-10(8-9)18(2)13-11(12(14)17-19)15-6-7-16-13/h6-7,9-10,19H,3-5,8H2,1-2H3,(H2,14,17). The van der Waals surface area contributed by atoms with E-state index in [0.717, 1.165) is 18.8 Å². The lowest BCUT2D eigenvalue weighted by Gasteiger charge is -2.35. The van der Waals surface area contributed by atoms with Crippen molar-refractivity contribution in [3.63, 3.8) is 0 Å². The zero-order valence-electron chi connectivity index (χ0n) is 11.5. The largest absolute Gasteiger partial charge is 0.409 e. The Kier molecular flexibility index (Phi) is 4.19. The van der Waals surface area contributed by atoms with Crippen molar-refractivity contribution in [1.82, 2.24) is 9.97 Å². The van der Waals surface area contributed by atoms with Crippen molar-refractivity contribution in [3.05, 3.63) is 18.1 Å². The van der Waals surface area contributed by atoms with Gasteiger partial charge in [-0.1, -0.05) is 24.9 Å². The maximum atomic E-state index is 8.82. The number of aromatic nitrogens is 2. The third kappa shape index (κ3) is 2.94. The van der Waals surface area contributed by atoms with Crippen LogP contribution in [-0.2, 0) is 0 Å². The van der Waals surface area contributed by atoms with Crippen molar-refractivity contribution in [1.29, 1.82) is 0 Å². The topological polar surface area (TPSA) is 87.6 Å². The number of amidine groups is 1. The molecule has 1 aromatic heterocycles. The summed E-state index contributed by atoms with van der Waals surface area (Å²) >= 11 is 0. The van der Waals surface area contributed by atoms with Crippen LogP contribution < -0.4 is 10.6 Å². The Hall–Kier alpha value is -1.85. The number of oxime groups is 1. The monoisotopic (exact) mass is 263 g/mol. The van der Waals surface area contributed by atoms with Crippen molar-refractivity contribution in [2.24, 2.45) is 16.8 Å². The van der Waals surface area contributed by atoms with Crippen molar-refractivity contribution in [2.45, 2.75) is 38.6 Å². The zero-order chi connectivity index (χ0) is 13.8. The third-order valence-corrected chi connectivity index (χ3v) is 3.82. The first-order valence-corrected chi connectivity index (χ1v) is 6.65. The fourth-order valence-corrected chi connectivity index (χ4v) is 2.74. The average Bonchev–Trinajstić information content (AvgIpc) is 2.45. The summed E-state index contributed by atoms with van der Waals surface area (Å²) in [6, 6.07) is 0.436. The van der Waals surface area contributed by atoms with Crippen molar-refractivity contribution < 1.29 is 5.21 Å². The number of nitrogens with zero attached hydrogens (tertiary/aromatic N) is 4. The minimum Gasteiger partial charge on any atom is -0.409 e. The van der Waals surface area contributed by atoms with E-state index in [1.165, 1.54) is 12.8 Å². The Morgan fingerprint density at radius 3 is 2.84 bits per heavy atom. The highest BCUT2D eigenvalue weighted by Gasteiger charge is 2.25. The minimum absolute atomic E-state index is 0.00110. The van der Waals surface area contributed by atoms with Crippen LogP contribution in [0.25, 0.3) is 0 Å². The van der Waals surface area contributed by atoms with Gasteiger partial charge in [-0.05, 0) is 18.8 Å². The highest BCUT2D eigenvalue weighted by atomic mass is 16.4. The van der Waals surface area contributed by atoms with E-state index in [-0.39, 0.29) is 5.84 Å². The van der Waals surface area contributed by atoms with E-state index in [1.807, 2.05) is 7.05 Å². The van der Waals surface area contributed by atoms with Gasteiger partial charge in [0.15, 0.2) is 17.3 Å². The first kappa shape index (κ1) is 13.6. The minimum atomic E-state index is -0.00110. The van der Waals surface area contributed by atoms with Crippen LogP contribution in [0.2, 0.25) is 0 Å². The molecule has 2 rings (SSSR count). The van der Waals surface area contributed by atoms with Gasteiger partial charge < -0.3 is 15.8 Å². The highest BCUT2D eigenvalue weighted by Crippen LogP contribution is 2.29. The lowest BCUT2D eigenvalue weighted by Crippen LogP contribution is -2.37. The summed E-state index contributed by atoms with van der Waals surface area (Å²) < 4.78 is 0. The molecule has 1 aromatic rings. The summed E-state index contributed by atoms with van der Waals surface area (Å²) in [6.07, 6.45) is 7.99. The van der Waals surface area contributed by atoms with Crippen LogP contribution in [-0.4, -0.2) is 34.1 Å². The van der Waals surface area contributed by atoms with Crippen LogP contribution in [0.4, 0.5) is 5.82 Å². The molecule has 0 aliphatic heterocycles. The number of hydrogen-bond donors (Lipinski definition) is 2. The molecule has 6 nitrogen and oxygen atoms in total. The summed E-state index contributed by atoms with van der Waals surface area (Å²) in [5.74, 6) is 1.40. The number of anilines is 1. The predicted molar refractivity (Wildman–Crippen MR) is 74.4 cm³/mol. The second kappa shape index (κ2) is 5.86. The van der Waals surface area contributed by atoms with Gasteiger partial charge in [0.05, 0.1) is 0 Å². The Labute approximate surface area is 113 Å². The van der Waals surface area contributed by atoms with Gasteiger partial charge in [-0.15, -0.1) is 0 Å². The lowest BCUT2D eigenvalue weighted by atomic mass is 9.86. The molecule has 0 aromatic carbocycles. The molecule has 2 unspecified atom stereocenters. The molecule has 1 aliphatic carbocycles. The van der Waals surface area contributed by atoms with E-state index in [0.29, 0.717) is 17.6 Å². The molecule has 2 atom stereocenters. The molecule has 0 bridgehead atoms. The molecule has 19 heavy (non-hydrogen) atoms. The highest BCUT2D eigenvalue weighted by molar-refractivity contribution is 5.99. The van der Waals surface area contributed by atoms with E-state index >= 15 is 0 Å². The molecule has 104 valence electrons. The first-order valence-electron chi connectivity index (χ1n) is 6.65. The van der Waals surface area contributed by atoms with E-state index in [4.69, 9.17) is 10.9 Å². The van der Waals surface area contributed by atoms with E-state index in [1.54, 1.807) is 12.4 Å². The number of rotatable bonds is 3. The van der Waals surface area contributed by atoms with Crippen molar-refractivity contribution in [3.8, 4) is 0 Å². The second-order valence-corrected chi connectivity index (χ2v) is 5.25. The van der Waals surface area contributed by atoms with Crippen LogP contribution in [0.1, 0.15) is 38.3 Å². The molecule has 1 fully saturated rings. The molecule has 3 N–H and O–H groups in total. The van der Waals surface area contributed by atoms with Gasteiger partial charge in [0.2, 0.25) is 0 Å². The summed E-state index contributed by atoms with van der Waals surface area (Å²) in [7, 11) is 2.00. The van der Waals surface area contributed by atoms with Crippen LogP contribution in [0.5, 0.6) is 0 Å². The summed E-state index contributed by atoms with van der Waals surface area (Å²) in [6.45, 7) is 2.28.